The van der Waals surface area contributed by atoms with Crippen LogP contribution in [0.5, 0.6) is 0 Å². The Labute approximate surface area is 639 Å². The predicted octanol–water partition coefficient (Wildman–Crippen LogP) is 20.1. The van der Waals surface area contributed by atoms with E-state index in [0.29, 0.717) is 12.8 Å². The molecule has 0 radical (unpaired) electrons. The van der Waals surface area contributed by atoms with E-state index in [1.165, 1.54) is 154 Å². The molecular formula is C91H153NO13. The van der Waals surface area contributed by atoms with Crippen molar-refractivity contribution >= 4 is 5.91 Å². The van der Waals surface area contributed by atoms with Crippen molar-refractivity contribution in [1.82, 2.24) is 5.32 Å². The van der Waals surface area contributed by atoms with Gasteiger partial charge in [0.2, 0.25) is 5.91 Å². The molecule has 12 unspecified atom stereocenters. The molecule has 2 fully saturated rings. The smallest absolute Gasteiger partial charge is 0.220 e. The number of rotatable bonds is 69. The van der Waals surface area contributed by atoms with Gasteiger partial charge in [-0.25, -0.2) is 0 Å². The molecule has 0 aromatic carbocycles. The Balaban J connectivity index is 1.64. The van der Waals surface area contributed by atoms with Crippen molar-refractivity contribution in [2.45, 2.75) is 389 Å². The van der Waals surface area contributed by atoms with Gasteiger partial charge in [-0.15, -0.1) is 0 Å². The van der Waals surface area contributed by atoms with Crippen LogP contribution in [-0.2, 0) is 23.7 Å². The van der Waals surface area contributed by atoms with Crippen LogP contribution in [0.15, 0.2) is 158 Å². The van der Waals surface area contributed by atoms with Crippen molar-refractivity contribution in [3.8, 4) is 0 Å². The highest BCUT2D eigenvalue weighted by Crippen LogP contribution is 2.30. The summed E-state index contributed by atoms with van der Waals surface area (Å²) < 4.78 is 22.9. The molecule has 1 amide bonds. The van der Waals surface area contributed by atoms with E-state index in [0.717, 1.165) is 128 Å². The minimum absolute atomic E-state index is 0.251. The summed E-state index contributed by atoms with van der Waals surface area (Å²) in [6.07, 6.45) is 94.7. The molecule has 2 aliphatic heterocycles. The average molecular weight is 1470 g/mol. The van der Waals surface area contributed by atoms with Gasteiger partial charge < -0.3 is 65.1 Å². The molecule has 0 spiro atoms. The molecule has 9 N–H and O–H groups in total. The first kappa shape index (κ1) is 96.7. The molecule has 2 heterocycles. The van der Waals surface area contributed by atoms with Gasteiger partial charge in [0.1, 0.15) is 48.8 Å². The van der Waals surface area contributed by atoms with E-state index < -0.39 is 86.8 Å². The standard InChI is InChI=1S/C91H153NO13/c1-3-5-7-9-11-13-15-17-19-21-23-25-27-29-31-33-35-36-37-38-39-40-41-42-43-44-45-47-49-51-53-55-57-59-61-63-65-67-69-71-73-75-83(96)92-79(78-102-90-88(101)86(99)89(82(77-94)104-90)105-91-87(100)85(98)84(97)81(76-93)103-91)80(95)74-72-70-68-66-64-62-60-58-56-54-52-50-48-46-34-32-30-28-26-24-22-20-18-16-14-12-10-8-6-4-2/h5,7,11,13,17,19,23,25,29,31,35-36,38-39,41-42,44-45,49,51,55,57,64,66,72,74,79-82,84-91,93-95,97-101H,3-4,6,8-10,12,14-16,18,20-22,24,26-28,30,32-34,37,40,43,46-48,50,52-54,56,58-63,65,67-71,73,75-78H2,1-2H3,(H,92,96)/b7-5-,13-11-,19-17-,25-23-,31-29-,36-35-,39-38-,42-41-,45-44-,51-49-,57-55-,66-64+,74-72+. The summed E-state index contributed by atoms with van der Waals surface area (Å²) in [7, 11) is 0. The molecule has 12 atom stereocenters. The summed E-state index contributed by atoms with van der Waals surface area (Å²) in [5.41, 5.74) is 0. The largest absolute Gasteiger partial charge is 0.394 e. The van der Waals surface area contributed by atoms with Gasteiger partial charge in [-0.1, -0.05) is 352 Å². The monoisotopic (exact) mass is 1470 g/mol. The van der Waals surface area contributed by atoms with Crippen LogP contribution in [0.25, 0.3) is 0 Å². The number of hydrogen-bond donors (Lipinski definition) is 9. The lowest BCUT2D eigenvalue weighted by atomic mass is 9.97. The van der Waals surface area contributed by atoms with Crippen LogP contribution in [-0.4, -0.2) is 140 Å². The second kappa shape index (κ2) is 72.5. The van der Waals surface area contributed by atoms with E-state index >= 15 is 0 Å². The molecule has 0 aliphatic carbocycles. The molecule has 0 aromatic rings. The van der Waals surface area contributed by atoms with Crippen LogP contribution in [0.1, 0.15) is 316 Å². The van der Waals surface area contributed by atoms with Crippen LogP contribution in [0.3, 0.4) is 0 Å². The predicted molar refractivity (Wildman–Crippen MR) is 437 cm³/mol. The zero-order valence-electron chi connectivity index (χ0n) is 65.9. The summed E-state index contributed by atoms with van der Waals surface area (Å²) in [5.74, 6) is -0.264. The Hall–Kier alpha value is -4.39. The topological polar surface area (TPSA) is 228 Å². The maximum atomic E-state index is 13.4. The average Bonchev–Trinajstić information content (AvgIpc) is 0.769. The molecule has 600 valence electrons. The molecule has 14 heteroatoms. The summed E-state index contributed by atoms with van der Waals surface area (Å²) >= 11 is 0. The minimum atomic E-state index is -1.80. The number of aliphatic hydroxyl groups is 8. The molecule has 0 aromatic heterocycles. The Kier molecular flexibility index (Phi) is 66.7. The molecule has 2 aliphatic rings. The molecule has 2 rings (SSSR count). The quantitative estimate of drug-likeness (QED) is 0.0204. The number of nitrogens with one attached hydrogen (secondary N) is 1. The van der Waals surface area contributed by atoms with E-state index in [9.17, 15) is 45.6 Å². The van der Waals surface area contributed by atoms with Crippen molar-refractivity contribution in [2.24, 2.45) is 0 Å². The van der Waals surface area contributed by atoms with Crippen molar-refractivity contribution in [3.05, 3.63) is 158 Å². The van der Waals surface area contributed by atoms with E-state index in [2.05, 4.69) is 165 Å². The fourth-order valence-corrected chi connectivity index (χ4v) is 12.8. The number of aliphatic hydroxyl groups excluding tert-OH is 8. The molecule has 14 nitrogen and oxygen atoms in total. The summed E-state index contributed by atoms with van der Waals surface area (Å²) in [6.45, 7) is 2.69. The fourth-order valence-electron chi connectivity index (χ4n) is 12.8. The van der Waals surface area contributed by atoms with Crippen molar-refractivity contribution in [3.63, 3.8) is 0 Å². The Morgan fingerprint density at radius 3 is 1.05 bits per heavy atom. The minimum Gasteiger partial charge on any atom is -0.394 e. The second-order valence-corrected chi connectivity index (χ2v) is 28.9. The number of allylic oxidation sites excluding steroid dienone is 25. The highest BCUT2D eigenvalue weighted by atomic mass is 16.7. The van der Waals surface area contributed by atoms with Gasteiger partial charge in [0.25, 0.3) is 0 Å². The third kappa shape index (κ3) is 54.8. The van der Waals surface area contributed by atoms with Crippen LogP contribution in [0, 0.1) is 0 Å². The van der Waals surface area contributed by atoms with Crippen molar-refractivity contribution < 1.29 is 64.6 Å². The normalized spacial score (nSPS) is 22.2. The van der Waals surface area contributed by atoms with Gasteiger partial charge in [0, 0.05) is 6.42 Å². The van der Waals surface area contributed by atoms with E-state index in [1.807, 2.05) is 6.08 Å². The molecule has 2 saturated heterocycles. The summed E-state index contributed by atoms with van der Waals surface area (Å²) in [6, 6.07) is -0.952. The van der Waals surface area contributed by atoms with Gasteiger partial charge in [0.15, 0.2) is 12.6 Å². The van der Waals surface area contributed by atoms with Crippen LogP contribution < -0.4 is 5.32 Å². The first-order chi connectivity index (χ1) is 51.6. The number of amides is 1. The van der Waals surface area contributed by atoms with E-state index in [1.54, 1.807) is 6.08 Å². The third-order valence-electron chi connectivity index (χ3n) is 19.4. The van der Waals surface area contributed by atoms with E-state index in [-0.39, 0.29) is 18.9 Å². The van der Waals surface area contributed by atoms with Gasteiger partial charge in [-0.2, -0.15) is 0 Å². The first-order valence-corrected chi connectivity index (χ1v) is 42.2. The molecule has 105 heavy (non-hydrogen) atoms. The number of carbonyl (C=O) groups excluding carboxylic acids is 1. The highest BCUT2D eigenvalue weighted by Gasteiger charge is 2.51. The zero-order chi connectivity index (χ0) is 75.8. The van der Waals surface area contributed by atoms with Crippen LogP contribution >= 0.6 is 0 Å². The maximum absolute atomic E-state index is 13.4. The SMILES string of the molecule is CC/C=C\C/C=C\C/C=C\C/C=C\C/C=C\C/C=C\C/C=C\C/C=C\C/C=C\C/C=C\C/C=C\CCCCCCCCCC(=O)NC(COC1OC(CO)C(OC2OC(CO)C(O)C(O)C2O)C(O)C1O)C(O)/C=C/CC/C=C/CCCCCCCCCCCCCCCCCCCCCCCCCC. The van der Waals surface area contributed by atoms with Crippen molar-refractivity contribution in [1.29, 1.82) is 0 Å². The number of ether oxygens (including phenoxy) is 4. The fraction of sp³-hybridized carbons (Fsp3) is 0.703. The molecular weight excluding hydrogens is 1310 g/mol. The number of hydrogen-bond acceptors (Lipinski definition) is 13. The summed E-state index contributed by atoms with van der Waals surface area (Å²) in [4.78, 5) is 13.4. The molecule has 0 saturated carbocycles. The lowest BCUT2D eigenvalue weighted by molar-refractivity contribution is -0.359. The third-order valence-corrected chi connectivity index (χ3v) is 19.4. The first-order valence-electron chi connectivity index (χ1n) is 42.2. The lowest BCUT2D eigenvalue weighted by Crippen LogP contribution is -2.65. The van der Waals surface area contributed by atoms with Gasteiger partial charge in [0.05, 0.1) is 32.0 Å². The second-order valence-electron chi connectivity index (χ2n) is 28.9. The Bertz CT molecular complexity index is 2380. The van der Waals surface area contributed by atoms with Crippen LogP contribution in [0.2, 0.25) is 0 Å². The van der Waals surface area contributed by atoms with Gasteiger partial charge >= 0.3 is 0 Å². The van der Waals surface area contributed by atoms with E-state index in [4.69, 9.17) is 18.9 Å². The van der Waals surface area contributed by atoms with Gasteiger partial charge in [-0.05, 0) is 116 Å². The molecule has 0 bridgehead atoms. The van der Waals surface area contributed by atoms with Crippen molar-refractivity contribution in [2.75, 3.05) is 19.8 Å². The zero-order valence-corrected chi connectivity index (χ0v) is 65.9. The maximum Gasteiger partial charge on any atom is 0.220 e. The lowest BCUT2D eigenvalue weighted by Gasteiger charge is -2.46. The van der Waals surface area contributed by atoms with Gasteiger partial charge in [-0.3, -0.25) is 4.79 Å². The highest BCUT2D eigenvalue weighted by molar-refractivity contribution is 5.76. The van der Waals surface area contributed by atoms with Crippen LogP contribution in [0.4, 0.5) is 0 Å². The Morgan fingerprint density at radius 2 is 0.667 bits per heavy atom. The summed E-state index contributed by atoms with van der Waals surface area (Å²) in [5, 5.41) is 87.7. The number of carbonyl (C=O) groups is 1. The number of unbranched alkanes of at least 4 members (excludes halogenated alkanes) is 32. The Morgan fingerprint density at radius 1 is 0.352 bits per heavy atom.